The first-order chi connectivity index (χ1) is 9.17. The van der Waals surface area contributed by atoms with Gasteiger partial charge < -0.3 is 15.4 Å². The Labute approximate surface area is 114 Å². The minimum absolute atomic E-state index is 0.0901. The van der Waals surface area contributed by atoms with Crippen molar-refractivity contribution < 1.29 is 9.53 Å². The molecule has 0 spiro atoms. The molecule has 19 heavy (non-hydrogen) atoms. The van der Waals surface area contributed by atoms with Gasteiger partial charge in [0.05, 0.1) is 13.5 Å². The van der Waals surface area contributed by atoms with Crippen LogP contribution < -0.4 is 15.4 Å². The van der Waals surface area contributed by atoms with Gasteiger partial charge in [-0.25, -0.2) is 0 Å². The average molecular weight is 262 g/mol. The summed E-state index contributed by atoms with van der Waals surface area (Å²) in [5.74, 6) is 0.883. The van der Waals surface area contributed by atoms with Crippen molar-refractivity contribution in [3.63, 3.8) is 0 Å². The summed E-state index contributed by atoms with van der Waals surface area (Å²) >= 11 is 0. The largest absolute Gasteiger partial charge is 0.497 e. The van der Waals surface area contributed by atoms with Gasteiger partial charge in [0.15, 0.2) is 0 Å². The number of hydrogen-bond acceptors (Lipinski definition) is 3. The third-order valence-electron chi connectivity index (χ3n) is 3.49. The van der Waals surface area contributed by atoms with E-state index < -0.39 is 0 Å². The number of rotatable bonds is 4. The molecule has 1 heterocycles. The summed E-state index contributed by atoms with van der Waals surface area (Å²) in [6.45, 7) is 3.13. The van der Waals surface area contributed by atoms with Crippen molar-refractivity contribution >= 4 is 5.91 Å². The van der Waals surface area contributed by atoms with Crippen LogP contribution in [0.15, 0.2) is 24.3 Å². The number of hydrogen-bond donors (Lipinski definition) is 2. The molecule has 0 radical (unpaired) electrons. The van der Waals surface area contributed by atoms with Crippen LogP contribution in [-0.4, -0.2) is 31.6 Å². The number of ether oxygens (including phenoxy) is 1. The highest BCUT2D eigenvalue weighted by molar-refractivity contribution is 5.79. The molecule has 0 aliphatic carbocycles. The topological polar surface area (TPSA) is 50.4 Å². The first-order valence-corrected chi connectivity index (χ1v) is 6.83. The van der Waals surface area contributed by atoms with Gasteiger partial charge in [-0.2, -0.15) is 0 Å². The molecule has 1 aliphatic heterocycles. The van der Waals surface area contributed by atoms with Gasteiger partial charge in [-0.15, -0.1) is 0 Å². The van der Waals surface area contributed by atoms with E-state index in [4.69, 9.17) is 4.74 Å². The highest BCUT2D eigenvalue weighted by Crippen LogP contribution is 2.13. The summed E-state index contributed by atoms with van der Waals surface area (Å²) in [6.07, 6.45) is 2.42. The Morgan fingerprint density at radius 2 is 2.37 bits per heavy atom. The number of carbonyl (C=O) groups excluding carboxylic acids is 1. The zero-order chi connectivity index (χ0) is 13.7. The SMILES string of the molecule is COc1cccc(CC(=O)NC2CCNC(C)C2)c1. The molecule has 1 fully saturated rings. The van der Waals surface area contributed by atoms with E-state index in [9.17, 15) is 4.79 Å². The van der Waals surface area contributed by atoms with Gasteiger partial charge in [-0.3, -0.25) is 4.79 Å². The van der Waals surface area contributed by atoms with Crippen LogP contribution in [0.4, 0.5) is 0 Å². The zero-order valence-corrected chi connectivity index (χ0v) is 11.6. The van der Waals surface area contributed by atoms with Gasteiger partial charge in [0.25, 0.3) is 0 Å². The van der Waals surface area contributed by atoms with E-state index in [0.717, 1.165) is 30.7 Å². The van der Waals surface area contributed by atoms with E-state index >= 15 is 0 Å². The van der Waals surface area contributed by atoms with Gasteiger partial charge in [0.2, 0.25) is 5.91 Å². The van der Waals surface area contributed by atoms with E-state index in [1.807, 2.05) is 24.3 Å². The van der Waals surface area contributed by atoms with Crippen molar-refractivity contribution in [2.75, 3.05) is 13.7 Å². The van der Waals surface area contributed by atoms with Gasteiger partial charge in [-0.05, 0) is 44.0 Å². The Hall–Kier alpha value is -1.55. The third kappa shape index (κ3) is 4.24. The van der Waals surface area contributed by atoms with Gasteiger partial charge >= 0.3 is 0 Å². The number of piperidine rings is 1. The molecule has 0 aromatic heterocycles. The average Bonchev–Trinajstić information content (AvgIpc) is 2.38. The third-order valence-corrected chi connectivity index (χ3v) is 3.49. The Morgan fingerprint density at radius 3 is 3.11 bits per heavy atom. The van der Waals surface area contributed by atoms with Crippen molar-refractivity contribution in [2.24, 2.45) is 0 Å². The molecule has 4 heteroatoms. The molecular formula is C15H22N2O2. The Balaban J connectivity index is 1.86. The lowest BCUT2D eigenvalue weighted by Gasteiger charge is -2.28. The molecule has 0 bridgehead atoms. The van der Waals surface area contributed by atoms with Crippen molar-refractivity contribution in [3.8, 4) is 5.75 Å². The number of nitrogens with one attached hydrogen (secondary N) is 2. The summed E-state index contributed by atoms with van der Waals surface area (Å²) in [6, 6.07) is 8.44. The fourth-order valence-electron chi connectivity index (χ4n) is 2.51. The standard InChI is InChI=1S/C15H22N2O2/c1-11-8-13(6-7-16-11)17-15(18)10-12-4-3-5-14(9-12)19-2/h3-5,9,11,13,16H,6-8,10H2,1-2H3,(H,17,18). The highest BCUT2D eigenvalue weighted by atomic mass is 16.5. The van der Waals surface area contributed by atoms with Crippen LogP contribution >= 0.6 is 0 Å². The Morgan fingerprint density at radius 1 is 1.53 bits per heavy atom. The monoisotopic (exact) mass is 262 g/mol. The van der Waals surface area contributed by atoms with Crippen molar-refractivity contribution in [2.45, 2.75) is 38.3 Å². The minimum atomic E-state index is 0.0901. The summed E-state index contributed by atoms with van der Waals surface area (Å²) in [5, 5.41) is 6.50. The van der Waals surface area contributed by atoms with Gasteiger partial charge in [0, 0.05) is 12.1 Å². The maximum atomic E-state index is 12.0. The van der Waals surface area contributed by atoms with E-state index in [2.05, 4.69) is 17.6 Å². The van der Waals surface area contributed by atoms with Crippen molar-refractivity contribution in [1.29, 1.82) is 0 Å². The second-order valence-electron chi connectivity index (χ2n) is 5.17. The molecule has 2 unspecified atom stereocenters. The van der Waals surface area contributed by atoms with Crippen LogP contribution in [0.5, 0.6) is 5.75 Å². The fourth-order valence-corrected chi connectivity index (χ4v) is 2.51. The number of methoxy groups -OCH3 is 1. The van der Waals surface area contributed by atoms with Crippen molar-refractivity contribution in [3.05, 3.63) is 29.8 Å². The number of benzene rings is 1. The Kier molecular flexibility index (Phi) is 4.80. The summed E-state index contributed by atoms with van der Waals surface area (Å²) in [4.78, 5) is 12.0. The lowest BCUT2D eigenvalue weighted by atomic mass is 10.0. The first-order valence-electron chi connectivity index (χ1n) is 6.83. The van der Waals surface area contributed by atoms with Crippen molar-refractivity contribution in [1.82, 2.24) is 10.6 Å². The maximum Gasteiger partial charge on any atom is 0.224 e. The first kappa shape index (κ1) is 13.9. The molecule has 0 saturated carbocycles. The molecular weight excluding hydrogens is 240 g/mol. The van der Waals surface area contributed by atoms with Crippen LogP contribution in [-0.2, 0) is 11.2 Å². The number of amides is 1. The second-order valence-corrected chi connectivity index (χ2v) is 5.17. The molecule has 104 valence electrons. The molecule has 2 N–H and O–H groups in total. The second kappa shape index (κ2) is 6.57. The van der Waals surface area contributed by atoms with E-state index in [0.29, 0.717) is 18.5 Å². The molecule has 1 aromatic carbocycles. The molecule has 1 aliphatic rings. The van der Waals surface area contributed by atoms with E-state index in [-0.39, 0.29) is 5.91 Å². The van der Waals surface area contributed by atoms with Crippen LogP contribution in [0.3, 0.4) is 0 Å². The smallest absolute Gasteiger partial charge is 0.224 e. The fraction of sp³-hybridized carbons (Fsp3) is 0.533. The van der Waals surface area contributed by atoms with Crippen LogP contribution in [0.25, 0.3) is 0 Å². The quantitative estimate of drug-likeness (QED) is 0.864. The summed E-state index contributed by atoms with van der Waals surface area (Å²) < 4.78 is 5.16. The summed E-state index contributed by atoms with van der Waals surface area (Å²) in [5.41, 5.74) is 0.985. The predicted molar refractivity (Wildman–Crippen MR) is 75.3 cm³/mol. The Bertz CT molecular complexity index is 434. The molecule has 2 atom stereocenters. The van der Waals surface area contributed by atoms with Gasteiger partial charge in [0.1, 0.15) is 5.75 Å². The van der Waals surface area contributed by atoms with Crippen LogP contribution in [0.1, 0.15) is 25.3 Å². The molecule has 2 rings (SSSR count). The van der Waals surface area contributed by atoms with E-state index in [1.54, 1.807) is 7.11 Å². The lowest BCUT2D eigenvalue weighted by molar-refractivity contribution is -0.121. The summed E-state index contributed by atoms with van der Waals surface area (Å²) in [7, 11) is 1.63. The molecule has 1 amide bonds. The normalized spacial score (nSPS) is 22.8. The van der Waals surface area contributed by atoms with E-state index in [1.165, 1.54) is 0 Å². The predicted octanol–water partition coefficient (Wildman–Crippen LogP) is 1.49. The lowest BCUT2D eigenvalue weighted by Crippen LogP contribution is -2.46. The molecule has 1 aromatic rings. The molecule has 1 saturated heterocycles. The van der Waals surface area contributed by atoms with Crippen LogP contribution in [0.2, 0.25) is 0 Å². The minimum Gasteiger partial charge on any atom is -0.497 e. The maximum absolute atomic E-state index is 12.0. The zero-order valence-electron chi connectivity index (χ0n) is 11.6. The molecule has 4 nitrogen and oxygen atoms in total. The van der Waals surface area contributed by atoms with Gasteiger partial charge in [-0.1, -0.05) is 12.1 Å². The van der Waals surface area contributed by atoms with Crippen LogP contribution in [0, 0.1) is 0 Å². The number of carbonyl (C=O) groups is 1. The highest BCUT2D eigenvalue weighted by Gasteiger charge is 2.19.